The summed E-state index contributed by atoms with van der Waals surface area (Å²) < 4.78 is 29.4. The van der Waals surface area contributed by atoms with Crippen LogP contribution in [0.2, 0.25) is 0 Å². The van der Waals surface area contributed by atoms with Crippen molar-refractivity contribution < 1.29 is 8.42 Å². The van der Waals surface area contributed by atoms with Gasteiger partial charge in [-0.2, -0.15) is 17.0 Å². The van der Waals surface area contributed by atoms with E-state index in [1.54, 1.807) is 27.0 Å². The minimum atomic E-state index is -3.34. The van der Waals surface area contributed by atoms with Crippen LogP contribution >= 0.6 is 11.3 Å². The van der Waals surface area contributed by atoms with Gasteiger partial charge in [0.05, 0.1) is 6.04 Å². The Kier molecular flexibility index (Phi) is 4.69. The lowest BCUT2D eigenvalue weighted by atomic mass is 9.96. The zero-order valence-electron chi connectivity index (χ0n) is 12.6. The molecule has 2 fully saturated rings. The second kappa shape index (κ2) is 6.36. The first-order valence-corrected chi connectivity index (χ1v) is 10.2. The summed E-state index contributed by atoms with van der Waals surface area (Å²) in [5, 5.41) is 2.03. The maximum atomic E-state index is 13.0. The number of hydrogen-bond donors (Lipinski definition) is 0. The second-order valence-electron chi connectivity index (χ2n) is 6.10. The lowest BCUT2D eigenvalue weighted by molar-refractivity contribution is 0.259. The van der Waals surface area contributed by atoms with Crippen molar-refractivity contribution in [3.05, 3.63) is 22.4 Å². The summed E-state index contributed by atoms with van der Waals surface area (Å²) in [6.45, 7) is 0.655. The molecule has 1 aromatic heterocycles. The zero-order valence-corrected chi connectivity index (χ0v) is 14.2. The normalized spacial score (nSPS) is 25.7. The third kappa shape index (κ3) is 3.04. The Labute approximate surface area is 131 Å². The predicted molar refractivity (Wildman–Crippen MR) is 86.6 cm³/mol. The Hall–Kier alpha value is -0.430. The van der Waals surface area contributed by atoms with Gasteiger partial charge in [-0.1, -0.05) is 25.3 Å². The summed E-state index contributed by atoms with van der Waals surface area (Å²) >= 11 is 1.66. The summed E-state index contributed by atoms with van der Waals surface area (Å²) in [6, 6.07) is 4.30. The van der Waals surface area contributed by atoms with E-state index in [1.165, 1.54) is 11.3 Å². The molecule has 1 aliphatic carbocycles. The van der Waals surface area contributed by atoms with Gasteiger partial charge in [0, 0.05) is 24.5 Å². The highest BCUT2D eigenvalue weighted by molar-refractivity contribution is 7.86. The fourth-order valence-corrected chi connectivity index (χ4v) is 6.34. The van der Waals surface area contributed by atoms with Gasteiger partial charge >= 0.3 is 0 Å². The van der Waals surface area contributed by atoms with Gasteiger partial charge in [0.25, 0.3) is 10.2 Å². The average molecular weight is 329 g/mol. The lowest BCUT2D eigenvalue weighted by Crippen LogP contribution is -2.46. The number of rotatable bonds is 4. The van der Waals surface area contributed by atoms with Crippen LogP contribution in [0.25, 0.3) is 0 Å². The molecule has 0 bridgehead atoms. The van der Waals surface area contributed by atoms with Gasteiger partial charge in [0.15, 0.2) is 0 Å². The second-order valence-corrected chi connectivity index (χ2v) is 9.02. The van der Waals surface area contributed by atoms with E-state index in [0.29, 0.717) is 6.54 Å². The van der Waals surface area contributed by atoms with Crippen LogP contribution in [0.15, 0.2) is 17.5 Å². The van der Waals surface area contributed by atoms with Crippen molar-refractivity contribution in [2.24, 2.45) is 0 Å². The molecule has 1 atom stereocenters. The quantitative estimate of drug-likeness (QED) is 0.850. The van der Waals surface area contributed by atoms with E-state index in [4.69, 9.17) is 0 Å². The maximum Gasteiger partial charge on any atom is 0.282 e. The van der Waals surface area contributed by atoms with Crippen LogP contribution in [0.3, 0.4) is 0 Å². The van der Waals surface area contributed by atoms with Crippen LogP contribution in [0.5, 0.6) is 0 Å². The molecule has 118 valence electrons. The Morgan fingerprint density at radius 3 is 2.62 bits per heavy atom. The van der Waals surface area contributed by atoms with Crippen molar-refractivity contribution >= 4 is 21.5 Å². The molecule has 2 aliphatic rings. The Balaban J connectivity index is 1.79. The molecule has 0 aromatic carbocycles. The first-order valence-electron chi connectivity index (χ1n) is 7.89. The highest BCUT2D eigenvalue weighted by atomic mass is 32.2. The van der Waals surface area contributed by atoms with Gasteiger partial charge in [0.2, 0.25) is 0 Å². The molecule has 2 heterocycles. The maximum absolute atomic E-state index is 13.0. The van der Waals surface area contributed by atoms with Gasteiger partial charge in [-0.3, -0.25) is 0 Å². The topological polar surface area (TPSA) is 40.6 Å². The third-order valence-corrected chi connectivity index (χ3v) is 7.85. The van der Waals surface area contributed by atoms with Crippen molar-refractivity contribution in [1.82, 2.24) is 8.61 Å². The van der Waals surface area contributed by atoms with Crippen LogP contribution in [-0.2, 0) is 10.2 Å². The van der Waals surface area contributed by atoms with E-state index in [-0.39, 0.29) is 12.1 Å². The Morgan fingerprint density at radius 2 is 1.95 bits per heavy atom. The highest BCUT2D eigenvalue weighted by Gasteiger charge is 2.40. The molecule has 21 heavy (non-hydrogen) atoms. The Bertz CT molecular complexity index is 550. The molecule has 1 saturated heterocycles. The van der Waals surface area contributed by atoms with Gasteiger partial charge < -0.3 is 0 Å². The molecule has 6 heteroatoms. The fourth-order valence-electron chi connectivity index (χ4n) is 3.58. The molecular weight excluding hydrogens is 304 g/mol. The standard InChI is InChI=1S/C15H24N2O2S2/c1-16(13-7-3-2-4-8-13)21(18,19)17-11-5-9-14(17)15-10-6-12-20-15/h6,10,12-14H,2-5,7-9,11H2,1H3. The van der Waals surface area contributed by atoms with Crippen LogP contribution < -0.4 is 0 Å². The minimum absolute atomic E-state index is 0.0426. The van der Waals surface area contributed by atoms with E-state index < -0.39 is 10.2 Å². The van der Waals surface area contributed by atoms with Crippen LogP contribution in [-0.4, -0.2) is 36.7 Å². The first-order chi connectivity index (χ1) is 10.1. The summed E-state index contributed by atoms with van der Waals surface area (Å²) in [7, 11) is -1.57. The molecule has 0 radical (unpaired) electrons. The predicted octanol–water partition coefficient (Wildman–Crippen LogP) is 3.39. The molecule has 1 unspecified atom stereocenters. The summed E-state index contributed by atoms with van der Waals surface area (Å²) in [5.74, 6) is 0. The molecule has 0 spiro atoms. The zero-order chi connectivity index (χ0) is 14.9. The van der Waals surface area contributed by atoms with Crippen LogP contribution in [0.4, 0.5) is 0 Å². The van der Waals surface area contributed by atoms with E-state index in [9.17, 15) is 8.42 Å². The lowest BCUT2D eigenvalue weighted by Gasteiger charge is -2.35. The minimum Gasteiger partial charge on any atom is -0.195 e. The Morgan fingerprint density at radius 1 is 1.19 bits per heavy atom. The molecule has 0 amide bonds. The van der Waals surface area contributed by atoms with Gasteiger partial charge in [0.1, 0.15) is 0 Å². The van der Waals surface area contributed by atoms with Gasteiger partial charge in [-0.15, -0.1) is 11.3 Å². The van der Waals surface area contributed by atoms with Crippen molar-refractivity contribution in [3.63, 3.8) is 0 Å². The van der Waals surface area contributed by atoms with E-state index >= 15 is 0 Å². The van der Waals surface area contributed by atoms with E-state index in [2.05, 4.69) is 6.07 Å². The van der Waals surface area contributed by atoms with Crippen molar-refractivity contribution in [3.8, 4) is 0 Å². The largest absolute Gasteiger partial charge is 0.282 e. The third-order valence-electron chi connectivity index (χ3n) is 4.82. The SMILES string of the molecule is CN(C1CCCCC1)S(=O)(=O)N1CCCC1c1cccs1. The molecule has 1 aromatic rings. The van der Waals surface area contributed by atoms with Crippen molar-refractivity contribution in [1.29, 1.82) is 0 Å². The molecule has 1 saturated carbocycles. The number of thiophene rings is 1. The van der Waals surface area contributed by atoms with Gasteiger partial charge in [-0.05, 0) is 37.1 Å². The molecule has 1 aliphatic heterocycles. The van der Waals surface area contributed by atoms with E-state index in [0.717, 1.165) is 38.5 Å². The fraction of sp³-hybridized carbons (Fsp3) is 0.733. The molecular formula is C15H24N2O2S2. The van der Waals surface area contributed by atoms with E-state index in [1.807, 2.05) is 11.4 Å². The smallest absolute Gasteiger partial charge is 0.195 e. The summed E-state index contributed by atoms with van der Waals surface area (Å²) in [5.41, 5.74) is 0. The van der Waals surface area contributed by atoms with Crippen LogP contribution in [0.1, 0.15) is 55.9 Å². The molecule has 3 rings (SSSR count). The monoisotopic (exact) mass is 328 g/mol. The highest BCUT2D eigenvalue weighted by Crippen LogP contribution is 2.38. The molecule has 0 N–H and O–H groups in total. The van der Waals surface area contributed by atoms with Crippen molar-refractivity contribution in [2.45, 2.75) is 57.0 Å². The summed E-state index contributed by atoms with van der Waals surface area (Å²) in [4.78, 5) is 1.17. The average Bonchev–Trinajstić information content (AvgIpc) is 3.17. The molecule has 4 nitrogen and oxygen atoms in total. The summed E-state index contributed by atoms with van der Waals surface area (Å²) in [6.07, 6.45) is 7.46. The van der Waals surface area contributed by atoms with Gasteiger partial charge in [-0.25, -0.2) is 0 Å². The number of hydrogen-bond acceptors (Lipinski definition) is 3. The first kappa shape index (κ1) is 15.5. The van der Waals surface area contributed by atoms with Crippen LogP contribution in [0, 0.1) is 0 Å². The number of nitrogens with zero attached hydrogens (tertiary/aromatic N) is 2. The van der Waals surface area contributed by atoms with Crippen molar-refractivity contribution in [2.75, 3.05) is 13.6 Å².